The summed E-state index contributed by atoms with van der Waals surface area (Å²) in [6.07, 6.45) is 2.77. The van der Waals surface area contributed by atoms with E-state index in [2.05, 4.69) is 6.92 Å². The highest BCUT2D eigenvalue weighted by molar-refractivity contribution is 6.30. The van der Waals surface area contributed by atoms with Crippen LogP contribution in [0.15, 0.2) is 24.3 Å². The van der Waals surface area contributed by atoms with E-state index in [0.29, 0.717) is 36.8 Å². The quantitative estimate of drug-likeness (QED) is 0.775. The predicted molar refractivity (Wildman–Crippen MR) is 98.8 cm³/mol. The summed E-state index contributed by atoms with van der Waals surface area (Å²) in [7, 11) is 0. The smallest absolute Gasteiger partial charge is 0.263 e. The van der Waals surface area contributed by atoms with Crippen LogP contribution in [0.3, 0.4) is 0 Å². The number of ether oxygens (including phenoxy) is 1. The molecule has 0 aliphatic carbocycles. The fourth-order valence-electron chi connectivity index (χ4n) is 2.90. The minimum absolute atomic E-state index is 0.0437. The van der Waals surface area contributed by atoms with Crippen molar-refractivity contribution in [3.63, 3.8) is 0 Å². The number of benzene rings is 1. The highest BCUT2D eigenvalue weighted by Crippen LogP contribution is 2.18. The number of carbonyl (C=O) groups is 2. The maximum atomic E-state index is 12.6. The van der Waals surface area contributed by atoms with Crippen LogP contribution in [0.25, 0.3) is 0 Å². The first-order valence-corrected chi connectivity index (χ1v) is 9.38. The van der Waals surface area contributed by atoms with Gasteiger partial charge in [0.1, 0.15) is 5.75 Å². The normalized spacial score (nSPS) is 16.3. The van der Waals surface area contributed by atoms with Gasteiger partial charge in [-0.3, -0.25) is 9.59 Å². The van der Waals surface area contributed by atoms with Crippen molar-refractivity contribution in [2.75, 3.05) is 26.2 Å². The maximum absolute atomic E-state index is 12.6. The van der Waals surface area contributed by atoms with Crippen molar-refractivity contribution in [2.24, 2.45) is 0 Å². The number of hydrogen-bond donors (Lipinski definition) is 0. The van der Waals surface area contributed by atoms with Crippen LogP contribution in [-0.4, -0.2) is 53.9 Å². The molecule has 0 aromatic heterocycles. The second kappa shape index (κ2) is 9.66. The highest BCUT2D eigenvalue weighted by atomic mass is 35.5. The molecule has 1 aliphatic rings. The average molecular weight is 367 g/mol. The van der Waals surface area contributed by atoms with Gasteiger partial charge in [-0.1, -0.05) is 24.9 Å². The highest BCUT2D eigenvalue weighted by Gasteiger charge is 2.25. The van der Waals surface area contributed by atoms with Gasteiger partial charge in [0.15, 0.2) is 6.10 Å². The Morgan fingerprint density at radius 2 is 1.76 bits per heavy atom. The fourth-order valence-corrected chi connectivity index (χ4v) is 3.02. The summed E-state index contributed by atoms with van der Waals surface area (Å²) in [6, 6.07) is 6.98. The lowest BCUT2D eigenvalue weighted by Gasteiger charge is -2.25. The van der Waals surface area contributed by atoms with Crippen LogP contribution in [0.1, 0.15) is 39.5 Å². The molecule has 0 N–H and O–H groups in total. The van der Waals surface area contributed by atoms with Crippen LogP contribution in [0, 0.1) is 0 Å². The summed E-state index contributed by atoms with van der Waals surface area (Å²) in [5.41, 5.74) is 0. The van der Waals surface area contributed by atoms with Gasteiger partial charge >= 0.3 is 0 Å². The van der Waals surface area contributed by atoms with Crippen molar-refractivity contribution in [2.45, 2.75) is 45.6 Å². The number of nitrogens with zero attached hydrogens (tertiary/aromatic N) is 2. The molecular formula is C19H27ClN2O3. The largest absolute Gasteiger partial charge is 0.481 e. The third-order valence-corrected chi connectivity index (χ3v) is 4.63. The summed E-state index contributed by atoms with van der Waals surface area (Å²) >= 11 is 5.86. The Labute approximate surface area is 154 Å². The van der Waals surface area contributed by atoms with E-state index in [1.54, 1.807) is 36.1 Å². The molecule has 0 saturated carbocycles. The molecule has 0 radical (unpaired) electrons. The van der Waals surface area contributed by atoms with Crippen LogP contribution in [0.4, 0.5) is 0 Å². The number of hydrogen-bond acceptors (Lipinski definition) is 3. The molecule has 1 atom stereocenters. The maximum Gasteiger partial charge on any atom is 0.263 e. The van der Waals surface area contributed by atoms with Gasteiger partial charge in [0.25, 0.3) is 5.91 Å². The van der Waals surface area contributed by atoms with Crippen LogP contribution in [0.5, 0.6) is 5.75 Å². The van der Waals surface area contributed by atoms with E-state index in [0.717, 1.165) is 25.8 Å². The van der Waals surface area contributed by atoms with Crippen LogP contribution in [-0.2, 0) is 9.59 Å². The first-order valence-electron chi connectivity index (χ1n) is 9.00. The first kappa shape index (κ1) is 19.6. The Bertz CT molecular complexity index is 577. The van der Waals surface area contributed by atoms with E-state index in [9.17, 15) is 9.59 Å². The molecule has 0 bridgehead atoms. The van der Waals surface area contributed by atoms with Crippen LogP contribution in [0.2, 0.25) is 5.02 Å². The van der Waals surface area contributed by atoms with Crippen molar-refractivity contribution >= 4 is 23.4 Å². The number of unbranched alkanes of at least 4 members (excludes halogenated alkanes) is 1. The molecule has 1 saturated heterocycles. The molecule has 5 nitrogen and oxygen atoms in total. The number of halogens is 1. The second-order valence-electron chi connectivity index (χ2n) is 6.38. The van der Waals surface area contributed by atoms with E-state index in [4.69, 9.17) is 16.3 Å². The Balaban J connectivity index is 1.87. The SMILES string of the molecule is CCCCC(=O)N1CCCN(C(=O)C(C)Oc2ccc(Cl)cc2)CC1. The zero-order chi connectivity index (χ0) is 18.2. The van der Waals surface area contributed by atoms with Crippen molar-refractivity contribution in [1.82, 2.24) is 9.80 Å². The Morgan fingerprint density at radius 1 is 1.12 bits per heavy atom. The lowest BCUT2D eigenvalue weighted by molar-refractivity contribution is -0.138. The Morgan fingerprint density at radius 3 is 2.44 bits per heavy atom. The molecule has 138 valence electrons. The van der Waals surface area contributed by atoms with Gasteiger partial charge in [-0.2, -0.15) is 0 Å². The second-order valence-corrected chi connectivity index (χ2v) is 6.81. The monoisotopic (exact) mass is 366 g/mol. The van der Waals surface area contributed by atoms with Crippen molar-refractivity contribution in [1.29, 1.82) is 0 Å². The van der Waals surface area contributed by atoms with E-state index in [-0.39, 0.29) is 11.8 Å². The lowest BCUT2D eigenvalue weighted by Crippen LogP contribution is -2.43. The van der Waals surface area contributed by atoms with Crippen molar-refractivity contribution < 1.29 is 14.3 Å². The fraction of sp³-hybridized carbons (Fsp3) is 0.579. The van der Waals surface area contributed by atoms with Crippen LogP contribution >= 0.6 is 11.6 Å². The summed E-state index contributed by atoms with van der Waals surface area (Å²) in [5, 5.41) is 0.631. The molecule has 6 heteroatoms. The Kier molecular flexibility index (Phi) is 7.56. The molecule has 1 aliphatic heterocycles. The predicted octanol–water partition coefficient (Wildman–Crippen LogP) is 3.36. The number of carbonyl (C=O) groups excluding carboxylic acids is 2. The third kappa shape index (κ3) is 5.92. The lowest BCUT2D eigenvalue weighted by atomic mass is 10.2. The van der Waals surface area contributed by atoms with E-state index < -0.39 is 6.10 Å². The van der Waals surface area contributed by atoms with Gasteiger partial charge in [0, 0.05) is 37.6 Å². The summed E-state index contributed by atoms with van der Waals surface area (Å²) < 4.78 is 5.72. The molecule has 1 aromatic rings. The minimum atomic E-state index is -0.566. The summed E-state index contributed by atoms with van der Waals surface area (Å²) in [5.74, 6) is 0.774. The van der Waals surface area contributed by atoms with E-state index in [1.165, 1.54) is 0 Å². The third-order valence-electron chi connectivity index (χ3n) is 4.38. The summed E-state index contributed by atoms with van der Waals surface area (Å²) in [4.78, 5) is 28.5. The van der Waals surface area contributed by atoms with E-state index in [1.807, 2.05) is 4.90 Å². The van der Waals surface area contributed by atoms with Crippen molar-refractivity contribution in [3.8, 4) is 5.75 Å². The standard InChI is InChI=1S/C19H27ClN2O3/c1-3-4-6-18(23)21-11-5-12-22(14-13-21)19(24)15(2)25-17-9-7-16(20)8-10-17/h7-10,15H,3-6,11-14H2,1-2H3. The molecule has 1 fully saturated rings. The number of rotatable bonds is 6. The molecule has 2 rings (SSSR count). The topological polar surface area (TPSA) is 49.9 Å². The molecule has 1 heterocycles. The molecular weight excluding hydrogens is 340 g/mol. The zero-order valence-corrected chi connectivity index (χ0v) is 15.8. The summed E-state index contributed by atoms with van der Waals surface area (Å²) in [6.45, 7) is 6.38. The molecule has 0 spiro atoms. The van der Waals surface area contributed by atoms with Gasteiger partial charge in [-0.25, -0.2) is 0 Å². The molecule has 2 amide bonds. The van der Waals surface area contributed by atoms with Gasteiger partial charge in [-0.05, 0) is 44.0 Å². The van der Waals surface area contributed by atoms with Crippen LogP contribution < -0.4 is 4.74 Å². The first-order chi connectivity index (χ1) is 12.0. The van der Waals surface area contributed by atoms with Crippen molar-refractivity contribution in [3.05, 3.63) is 29.3 Å². The van der Waals surface area contributed by atoms with Gasteiger partial charge in [0.2, 0.25) is 5.91 Å². The molecule has 1 aromatic carbocycles. The minimum Gasteiger partial charge on any atom is -0.481 e. The van der Waals surface area contributed by atoms with E-state index >= 15 is 0 Å². The molecule has 1 unspecified atom stereocenters. The van der Waals surface area contributed by atoms with Gasteiger partial charge in [-0.15, -0.1) is 0 Å². The zero-order valence-electron chi connectivity index (χ0n) is 15.0. The van der Waals surface area contributed by atoms with Gasteiger partial charge < -0.3 is 14.5 Å². The Hall–Kier alpha value is -1.75. The number of amides is 2. The average Bonchev–Trinajstić information content (AvgIpc) is 2.87. The van der Waals surface area contributed by atoms with Gasteiger partial charge in [0.05, 0.1) is 0 Å². The molecule has 25 heavy (non-hydrogen) atoms.